The molecule has 1 aromatic rings. The minimum Gasteiger partial charge on any atom is -0.478 e. The molecule has 0 aromatic carbocycles. The van der Waals surface area contributed by atoms with Crippen molar-refractivity contribution < 1.29 is 23.4 Å². The summed E-state index contributed by atoms with van der Waals surface area (Å²) in [6.45, 7) is 3.08. The second-order valence-corrected chi connectivity index (χ2v) is 5.79. The molecule has 0 unspecified atom stereocenters. The predicted octanol–water partition coefficient (Wildman–Crippen LogP) is -0.0627. The van der Waals surface area contributed by atoms with Gasteiger partial charge in [0.1, 0.15) is 5.56 Å². The Kier molecular flexibility index (Phi) is 4.66. The monoisotopic (exact) mass is 291 g/mol. The van der Waals surface area contributed by atoms with E-state index < -0.39 is 32.1 Å². The summed E-state index contributed by atoms with van der Waals surface area (Å²) in [4.78, 5) is 10.9. The Morgan fingerprint density at radius 1 is 1.47 bits per heavy atom. The van der Waals surface area contributed by atoms with E-state index in [0.717, 1.165) is 6.20 Å². The maximum atomic E-state index is 12.2. The van der Waals surface area contributed by atoms with Crippen LogP contribution < -0.4 is 4.72 Å². The molecule has 0 fully saturated rings. The molecule has 0 aliphatic heterocycles. The third kappa shape index (κ3) is 3.11. The van der Waals surface area contributed by atoms with E-state index in [0.29, 0.717) is 12.8 Å². The molecule has 0 saturated carbocycles. The predicted molar refractivity (Wildman–Crippen MR) is 66.3 cm³/mol. The first kappa shape index (κ1) is 15.6. The summed E-state index contributed by atoms with van der Waals surface area (Å²) in [5.41, 5.74) is -1.45. The van der Waals surface area contributed by atoms with Crippen LogP contribution in [0.2, 0.25) is 0 Å². The van der Waals surface area contributed by atoms with Crippen molar-refractivity contribution in [1.29, 1.82) is 0 Å². The van der Waals surface area contributed by atoms with Crippen molar-refractivity contribution in [2.45, 2.75) is 37.3 Å². The second kappa shape index (κ2) is 5.68. The zero-order chi connectivity index (χ0) is 14.7. The molecule has 0 saturated heterocycles. The molecule has 0 atom stereocenters. The highest BCUT2D eigenvalue weighted by Crippen LogP contribution is 2.20. The van der Waals surface area contributed by atoms with Crippen LogP contribution in [0.15, 0.2) is 11.2 Å². The van der Waals surface area contributed by atoms with Crippen molar-refractivity contribution in [3.05, 3.63) is 11.8 Å². The minimum atomic E-state index is -4.10. The molecule has 0 aliphatic rings. The summed E-state index contributed by atoms with van der Waals surface area (Å²) < 4.78 is 26.6. The molecule has 1 rings (SSSR count). The van der Waals surface area contributed by atoms with Gasteiger partial charge in [-0.05, 0) is 12.8 Å². The van der Waals surface area contributed by atoms with Gasteiger partial charge in [-0.3, -0.25) is 5.10 Å². The first-order chi connectivity index (χ1) is 8.82. The zero-order valence-electron chi connectivity index (χ0n) is 10.7. The number of carboxylic acid groups (broad SMARTS) is 1. The molecule has 0 radical (unpaired) electrons. The van der Waals surface area contributed by atoms with Gasteiger partial charge in [0.15, 0.2) is 5.03 Å². The van der Waals surface area contributed by atoms with Crippen LogP contribution in [0.25, 0.3) is 0 Å². The quantitative estimate of drug-likeness (QED) is 0.556. The van der Waals surface area contributed by atoms with Crippen molar-refractivity contribution in [3.8, 4) is 0 Å². The number of nitrogens with zero attached hydrogens (tertiary/aromatic N) is 1. The minimum absolute atomic E-state index is 0.371. The van der Waals surface area contributed by atoms with Gasteiger partial charge >= 0.3 is 5.97 Å². The van der Waals surface area contributed by atoms with Crippen LogP contribution in [0, 0.1) is 0 Å². The molecular formula is C10H17N3O5S. The number of rotatable bonds is 7. The van der Waals surface area contributed by atoms with Gasteiger partial charge in [0.2, 0.25) is 0 Å². The average Bonchev–Trinajstić information content (AvgIpc) is 2.86. The normalized spacial score (nSPS) is 12.6. The van der Waals surface area contributed by atoms with Crippen LogP contribution in [-0.4, -0.2) is 46.9 Å². The SMILES string of the molecule is CCC(CC)(CO)NS(=O)(=O)c1[nH]ncc1C(=O)O. The van der Waals surface area contributed by atoms with Gasteiger partial charge in [-0.15, -0.1) is 0 Å². The van der Waals surface area contributed by atoms with Crippen molar-refractivity contribution in [3.63, 3.8) is 0 Å². The maximum absolute atomic E-state index is 12.2. The van der Waals surface area contributed by atoms with Crippen LogP contribution in [0.3, 0.4) is 0 Å². The van der Waals surface area contributed by atoms with Gasteiger partial charge in [0.05, 0.1) is 18.3 Å². The molecule has 108 valence electrons. The summed E-state index contributed by atoms with van der Waals surface area (Å²) in [6.07, 6.45) is 1.67. The molecule has 8 nitrogen and oxygen atoms in total. The molecule has 0 spiro atoms. The van der Waals surface area contributed by atoms with E-state index in [-0.39, 0.29) is 6.61 Å². The number of nitrogens with one attached hydrogen (secondary N) is 2. The fourth-order valence-electron chi connectivity index (χ4n) is 1.62. The van der Waals surface area contributed by atoms with E-state index in [2.05, 4.69) is 14.9 Å². The fraction of sp³-hybridized carbons (Fsp3) is 0.600. The first-order valence-corrected chi connectivity index (χ1v) is 7.21. The van der Waals surface area contributed by atoms with E-state index >= 15 is 0 Å². The lowest BCUT2D eigenvalue weighted by Gasteiger charge is -2.29. The number of aliphatic hydroxyl groups is 1. The molecule has 19 heavy (non-hydrogen) atoms. The van der Waals surface area contributed by atoms with E-state index in [1.165, 1.54) is 0 Å². The van der Waals surface area contributed by atoms with E-state index in [1.807, 2.05) is 0 Å². The maximum Gasteiger partial charge on any atom is 0.340 e. The van der Waals surface area contributed by atoms with E-state index in [4.69, 9.17) is 5.11 Å². The number of aromatic carboxylic acids is 1. The number of carboxylic acids is 1. The Morgan fingerprint density at radius 3 is 2.47 bits per heavy atom. The van der Waals surface area contributed by atoms with Gasteiger partial charge in [0, 0.05) is 0 Å². The van der Waals surface area contributed by atoms with Crippen molar-refractivity contribution in [2.24, 2.45) is 0 Å². The van der Waals surface area contributed by atoms with Gasteiger partial charge in [0.25, 0.3) is 10.0 Å². The summed E-state index contributed by atoms with van der Waals surface area (Å²) in [6, 6.07) is 0. The lowest BCUT2D eigenvalue weighted by Crippen LogP contribution is -2.50. The topological polar surface area (TPSA) is 132 Å². The smallest absolute Gasteiger partial charge is 0.340 e. The lowest BCUT2D eigenvalue weighted by atomic mass is 9.96. The Bertz CT molecular complexity index is 539. The Hall–Kier alpha value is -1.45. The third-order valence-electron chi connectivity index (χ3n) is 3.11. The molecule has 0 bridgehead atoms. The van der Waals surface area contributed by atoms with Gasteiger partial charge in [-0.25, -0.2) is 17.9 Å². The number of hydrogen-bond donors (Lipinski definition) is 4. The molecular weight excluding hydrogens is 274 g/mol. The summed E-state index contributed by atoms with van der Waals surface area (Å²) >= 11 is 0. The first-order valence-electron chi connectivity index (χ1n) is 5.73. The second-order valence-electron chi connectivity index (χ2n) is 4.17. The van der Waals surface area contributed by atoms with Crippen LogP contribution in [0.5, 0.6) is 0 Å². The molecule has 9 heteroatoms. The van der Waals surface area contributed by atoms with Gasteiger partial charge < -0.3 is 10.2 Å². The highest BCUT2D eigenvalue weighted by molar-refractivity contribution is 7.89. The number of aromatic nitrogens is 2. The van der Waals surface area contributed by atoms with Gasteiger partial charge in [-0.2, -0.15) is 5.10 Å². The number of aliphatic hydroxyl groups excluding tert-OH is 1. The average molecular weight is 291 g/mol. The summed E-state index contributed by atoms with van der Waals surface area (Å²) in [5, 5.41) is 23.3. The third-order valence-corrected chi connectivity index (χ3v) is 4.66. The largest absolute Gasteiger partial charge is 0.478 e. The van der Waals surface area contributed by atoms with Crippen LogP contribution in [-0.2, 0) is 10.0 Å². The number of H-pyrrole nitrogens is 1. The number of carbonyl (C=O) groups is 1. The zero-order valence-corrected chi connectivity index (χ0v) is 11.5. The number of aromatic amines is 1. The molecule has 0 amide bonds. The van der Waals surface area contributed by atoms with Crippen molar-refractivity contribution in [1.82, 2.24) is 14.9 Å². The summed E-state index contributed by atoms with van der Waals surface area (Å²) in [7, 11) is -4.10. The van der Waals surface area contributed by atoms with Crippen LogP contribution in [0.4, 0.5) is 0 Å². The number of hydrogen-bond acceptors (Lipinski definition) is 5. The standard InChI is InChI=1S/C10H17N3O5S/c1-3-10(4-2,6-14)13-19(17,18)8-7(9(15)16)5-11-12-8/h5,13-14H,3-4,6H2,1-2H3,(H,11,12)(H,15,16). The van der Waals surface area contributed by atoms with Crippen LogP contribution in [0.1, 0.15) is 37.0 Å². The lowest BCUT2D eigenvalue weighted by molar-refractivity contribution is 0.0692. The molecule has 4 N–H and O–H groups in total. The fourth-order valence-corrected chi connectivity index (χ4v) is 3.25. The Balaban J connectivity index is 3.18. The van der Waals surface area contributed by atoms with Crippen LogP contribution >= 0.6 is 0 Å². The highest BCUT2D eigenvalue weighted by Gasteiger charge is 2.34. The summed E-state index contributed by atoms with van der Waals surface area (Å²) in [5.74, 6) is -1.39. The van der Waals surface area contributed by atoms with Gasteiger partial charge in [-0.1, -0.05) is 13.8 Å². The van der Waals surface area contributed by atoms with Crippen molar-refractivity contribution >= 4 is 16.0 Å². The molecule has 1 heterocycles. The highest BCUT2D eigenvalue weighted by atomic mass is 32.2. The Labute approximate surface area is 110 Å². The number of sulfonamides is 1. The van der Waals surface area contributed by atoms with E-state index in [1.54, 1.807) is 13.8 Å². The van der Waals surface area contributed by atoms with Crippen molar-refractivity contribution in [2.75, 3.05) is 6.61 Å². The molecule has 1 aromatic heterocycles. The van der Waals surface area contributed by atoms with E-state index in [9.17, 15) is 18.3 Å². The molecule has 0 aliphatic carbocycles. The Morgan fingerprint density at radius 2 is 2.05 bits per heavy atom.